The molecule has 22 heavy (non-hydrogen) atoms. The molecule has 2 aromatic heterocycles. The molecule has 0 saturated heterocycles. The van der Waals surface area contributed by atoms with Crippen molar-refractivity contribution >= 4 is 22.4 Å². The van der Waals surface area contributed by atoms with Crippen molar-refractivity contribution in [3.05, 3.63) is 41.3 Å². The molecule has 2 N–H and O–H groups in total. The zero-order chi connectivity index (χ0) is 15.5. The van der Waals surface area contributed by atoms with Crippen molar-refractivity contribution in [2.24, 2.45) is 5.73 Å². The minimum atomic E-state index is -0.894. The molecular weight excluding hydrogens is 308 g/mol. The number of hydrogen-bond acceptors (Lipinski definition) is 4. The van der Waals surface area contributed by atoms with Crippen molar-refractivity contribution in [2.75, 3.05) is 19.8 Å². The molecule has 0 radical (unpaired) electrons. The topological polar surface area (TPSA) is 53.1 Å². The Labute approximate surface area is 130 Å². The van der Waals surface area contributed by atoms with E-state index in [2.05, 4.69) is 4.98 Å². The lowest BCUT2D eigenvalue weighted by Crippen LogP contribution is -2.13. The number of benzene rings is 1. The highest BCUT2D eigenvalue weighted by atomic mass is 32.1. The largest absolute Gasteiger partial charge is 0.378 e. The summed E-state index contributed by atoms with van der Waals surface area (Å²) in [4.78, 5) is 5.38. The van der Waals surface area contributed by atoms with Gasteiger partial charge in [0, 0.05) is 25.2 Å². The predicted octanol–water partition coefficient (Wildman–Crippen LogP) is 3.02. The summed E-state index contributed by atoms with van der Waals surface area (Å²) < 4.78 is 34.2. The maximum atomic E-state index is 13.6. The van der Waals surface area contributed by atoms with Gasteiger partial charge in [-0.25, -0.2) is 13.8 Å². The maximum absolute atomic E-state index is 13.6. The number of rotatable bonds is 6. The van der Waals surface area contributed by atoms with E-state index in [0.29, 0.717) is 43.2 Å². The molecule has 0 bridgehead atoms. The Morgan fingerprint density at radius 1 is 1.23 bits per heavy atom. The Kier molecular flexibility index (Phi) is 4.47. The first-order valence-electron chi connectivity index (χ1n) is 6.87. The third-order valence-corrected chi connectivity index (χ3v) is 4.12. The third kappa shape index (κ3) is 2.87. The molecule has 0 saturated carbocycles. The van der Waals surface area contributed by atoms with Gasteiger partial charge in [0.05, 0.1) is 29.1 Å². The van der Waals surface area contributed by atoms with Crippen molar-refractivity contribution in [1.82, 2.24) is 9.55 Å². The smallest absolute Gasteiger partial charge is 0.161 e. The molecule has 4 nitrogen and oxygen atoms in total. The molecule has 2 heterocycles. The molecule has 1 aromatic carbocycles. The molecule has 0 unspecified atom stereocenters. The SMILES string of the molecule is NCCOCCn1c(-c2cccs2)nc2cc(F)c(F)cc21. The van der Waals surface area contributed by atoms with Crippen molar-refractivity contribution in [3.63, 3.8) is 0 Å². The van der Waals surface area contributed by atoms with Gasteiger partial charge in [-0.05, 0) is 11.4 Å². The van der Waals surface area contributed by atoms with Crippen LogP contribution in [0.4, 0.5) is 8.78 Å². The molecule has 0 aliphatic rings. The molecule has 3 aromatic rings. The monoisotopic (exact) mass is 323 g/mol. The molecule has 0 fully saturated rings. The standard InChI is InChI=1S/C15H15F2N3OS/c16-10-8-12-13(9-11(10)17)20(4-6-21-5-3-18)15(19-12)14-2-1-7-22-14/h1-2,7-9H,3-6,18H2. The molecule has 7 heteroatoms. The van der Waals surface area contributed by atoms with Crippen molar-refractivity contribution in [2.45, 2.75) is 6.54 Å². The van der Waals surface area contributed by atoms with Gasteiger partial charge in [0.15, 0.2) is 17.5 Å². The van der Waals surface area contributed by atoms with Crippen LogP contribution in [0.3, 0.4) is 0 Å². The fourth-order valence-electron chi connectivity index (χ4n) is 2.28. The highest BCUT2D eigenvalue weighted by Gasteiger charge is 2.16. The van der Waals surface area contributed by atoms with Gasteiger partial charge < -0.3 is 15.0 Å². The van der Waals surface area contributed by atoms with Crippen LogP contribution in [-0.4, -0.2) is 29.3 Å². The first kappa shape index (κ1) is 15.1. The number of imidazole rings is 1. The molecule has 0 aliphatic heterocycles. The maximum Gasteiger partial charge on any atom is 0.161 e. The van der Waals surface area contributed by atoms with Gasteiger partial charge in [-0.1, -0.05) is 6.07 Å². The molecule has 3 rings (SSSR count). The Hall–Kier alpha value is -1.83. The lowest BCUT2D eigenvalue weighted by atomic mass is 10.3. The minimum Gasteiger partial charge on any atom is -0.378 e. The summed E-state index contributed by atoms with van der Waals surface area (Å²) in [7, 11) is 0. The number of thiophene rings is 1. The molecular formula is C15H15F2N3OS. The van der Waals surface area contributed by atoms with E-state index in [1.807, 2.05) is 22.1 Å². The van der Waals surface area contributed by atoms with Crippen LogP contribution >= 0.6 is 11.3 Å². The fourth-order valence-corrected chi connectivity index (χ4v) is 3.00. The second-order valence-corrected chi connectivity index (χ2v) is 5.67. The van der Waals surface area contributed by atoms with Crippen LogP contribution in [-0.2, 0) is 11.3 Å². The third-order valence-electron chi connectivity index (χ3n) is 3.25. The van der Waals surface area contributed by atoms with Crippen molar-refractivity contribution < 1.29 is 13.5 Å². The van der Waals surface area contributed by atoms with Crippen LogP contribution in [0.1, 0.15) is 0 Å². The van der Waals surface area contributed by atoms with Gasteiger partial charge in [0.2, 0.25) is 0 Å². The molecule has 0 spiro atoms. The summed E-state index contributed by atoms with van der Waals surface area (Å²) in [6.07, 6.45) is 0. The summed E-state index contributed by atoms with van der Waals surface area (Å²) in [6.45, 7) is 1.83. The zero-order valence-corrected chi connectivity index (χ0v) is 12.6. The second-order valence-electron chi connectivity index (χ2n) is 4.72. The van der Waals surface area contributed by atoms with Gasteiger partial charge in [0.1, 0.15) is 0 Å². The molecule has 0 amide bonds. The number of halogens is 2. The normalized spacial score (nSPS) is 11.4. The number of aromatic nitrogens is 2. The summed E-state index contributed by atoms with van der Waals surface area (Å²) in [5.41, 5.74) is 6.37. The Morgan fingerprint density at radius 3 is 2.77 bits per heavy atom. The van der Waals surface area contributed by atoms with Crippen LogP contribution < -0.4 is 5.73 Å². The van der Waals surface area contributed by atoms with E-state index in [1.165, 1.54) is 17.4 Å². The summed E-state index contributed by atoms with van der Waals surface area (Å²) in [5, 5.41) is 1.94. The van der Waals surface area contributed by atoms with Crippen LogP contribution in [0.5, 0.6) is 0 Å². The summed E-state index contributed by atoms with van der Waals surface area (Å²) in [5.74, 6) is -1.09. The van der Waals surface area contributed by atoms with E-state index < -0.39 is 11.6 Å². The lowest BCUT2D eigenvalue weighted by molar-refractivity contribution is 0.134. The van der Waals surface area contributed by atoms with Crippen molar-refractivity contribution in [1.29, 1.82) is 0 Å². The van der Waals surface area contributed by atoms with Crippen molar-refractivity contribution in [3.8, 4) is 10.7 Å². The number of fused-ring (bicyclic) bond motifs is 1. The van der Waals surface area contributed by atoms with E-state index in [9.17, 15) is 8.78 Å². The predicted molar refractivity (Wildman–Crippen MR) is 82.8 cm³/mol. The highest BCUT2D eigenvalue weighted by molar-refractivity contribution is 7.13. The van der Waals surface area contributed by atoms with E-state index in [1.54, 1.807) is 0 Å². The number of hydrogen-bond donors (Lipinski definition) is 1. The van der Waals surface area contributed by atoms with Crippen LogP contribution in [0.15, 0.2) is 29.6 Å². The quantitative estimate of drug-likeness (QED) is 0.710. The zero-order valence-electron chi connectivity index (χ0n) is 11.8. The van der Waals surface area contributed by atoms with E-state index >= 15 is 0 Å². The Morgan fingerprint density at radius 2 is 2.05 bits per heavy atom. The van der Waals surface area contributed by atoms with E-state index in [0.717, 1.165) is 10.9 Å². The summed E-state index contributed by atoms with van der Waals surface area (Å²) in [6, 6.07) is 6.14. The Balaban J connectivity index is 2.04. The van der Waals surface area contributed by atoms with Gasteiger partial charge >= 0.3 is 0 Å². The number of nitrogens with zero attached hydrogens (tertiary/aromatic N) is 2. The number of ether oxygens (including phenoxy) is 1. The second kappa shape index (κ2) is 6.51. The molecule has 0 aliphatic carbocycles. The lowest BCUT2D eigenvalue weighted by Gasteiger charge is -2.08. The van der Waals surface area contributed by atoms with Gasteiger partial charge in [-0.3, -0.25) is 0 Å². The van der Waals surface area contributed by atoms with Crippen LogP contribution in [0.2, 0.25) is 0 Å². The molecule has 0 atom stereocenters. The van der Waals surface area contributed by atoms with E-state index in [4.69, 9.17) is 10.5 Å². The molecule has 116 valence electrons. The van der Waals surface area contributed by atoms with Gasteiger partial charge in [-0.15, -0.1) is 11.3 Å². The summed E-state index contributed by atoms with van der Waals surface area (Å²) >= 11 is 1.53. The Bertz CT molecular complexity index is 771. The van der Waals surface area contributed by atoms with Gasteiger partial charge in [0.25, 0.3) is 0 Å². The number of nitrogens with two attached hydrogens (primary N) is 1. The average molecular weight is 323 g/mol. The first-order valence-corrected chi connectivity index (χ1v) is 7.75. The van der Waals surface area contributed by atoms with Gasteiger partial charge in [-0.2, -0.15) is 0 Å². The van der Waals surface area contributed by atoms with Crippen LogP contribution in [0, 0.1) is 11.6 Å². The minimum absolute atomic E-state index is 0.431. The average Bonchev–Trinajstić information content (AvgIpc) is 3.13. The highest BCUT2D eigenvalue weighted by Crippen LogP contribution is 2.29. The fraction of sp³-hybridized carbons (Fsp3) is 0.267. The first-order chi connectivity index (χ1) is 10.7. The van der Waals surface area contributed by atoms with E-state index in [-0.39, 0.29) is 0 Å². The van der Waals surface area contributed by atoms with Crippen LogP contribution in [0.25, 0.3) is 21.7 Å².